The third-order valence-corrected chi connectivity index (χ3v) is 3.59. The van der Waals surface area contributed by atoms with E-state index in [0.29, 0.717) is 0 Å². The molecule has 0 aliphatic rings. The molecule has 0 aromatic carbocycles. The Morgan fingerprint density at radius 2 is 0.923 bits per heavy atom. The minimum atomic E-state index is 0.195. The fraction of sp³-hybridized carbons (Fsp3) is 1.00. The SMILES string of the molecule is CCC(C)(CC)[N]C(C)(CC)CC. The molecule has 0 saturated carbocycles. The van der Waals surface area contributed by atoms with Crippen LogP contribution in [0.1, 0.15) is 67.2 Å². The van der Waals surface area contributed by atoms with Crippen molar-refractivity contribution in [3.05, 3.63) is 0 Å². The van der Waals surface area contributed by atoms with Crippen molar-refractivity contribution >= 4 is 0 Å². The molecule has 0 heterocycles. The van der Waals surface area contributed by atoms with Crippen molar-refractivity contribution in [2.45, 2.75) is 78.3 Å². The van der Waals surface area contributed by atoms with Gasteiger partial charge >= 0.3 is 0 Å². The summed E-state index contributed by atoms with van der Waals surface area (Å²) in [6.45, 7) is 13.5. The highest BCUT2D eigenvalue weighted by Gasteiger charge is 2.30. The molecule has 1 heteroatoms. The van der Waals surface area contributed by atoms with E-state index in [1.807, 2.05) is 0 Å². The first-order chi connectivity index (χ1) is 5.95. The largest absolute Gasteiger partial charge is 0.229 e. The molecule has 0 bridgehead atoms. The zero-order chi connectivity index (χ0) is 10.5. The standard InChI is InChI=1S/C12H26N/c1-7-11(5,8-2)13-12(6,9-3)10-4/h7-10H2,1-6H3. The van der Waals surface area contributed by atoms with Crippen LogP contribution in [0.25, 0.3) is 0 Å². The second-order valence-corrected chi connectivity index (χ2v) is 4.52. The summed E-state index contributed by atoms with van der Waals surface area (Å²) in [6, 6.07) is 0. The van der Waals surface area contributed by atoms with E-state index in [1.54, 1.807) is 0 Å². The normalized spacial score (nSPS) is 13.4. The fourth-order valence-electron chi connectivity index (χ4n) is 1.47. The second kappa shape index (κ2) is 4.99. The third kappa shape index (κ3) is 3.68. The van der Waals surface area contributed by atoms with Gasteiger partial charge in [-0.15, -0.1) is 0 Å². The monoisotopic (exact) mass is 184 g/mol. The Bertz CT molecular complexity index is 116. The van der Waals surface area contributed by atoms with Gasteiger partial charge in [0.25, 0.3) is 0 Å². The molecular weight excluding hydrogens is 158 g/mol. The maximum atomic E-state index is 5.01. The Morgan fingerprint density at radius 3 is 1.08 bits per heavy atom. The van der Waals surface area contributed by atoms with E-state index in [-0.39, 0.29) is 11.1 Å². The molecule has 0 aliphatic carbocycles. The zero-order valence-corrected chi connectivity index (χ0v) is 10.3. The van der Waals surface area contributed by atoms with Gasteiger partial charge in [0, 0.05) is 11.1 Å². The van der Waals surface area contributed by atoms with Gasteiger partial charge in [-0.1, -0.05) is 27.7 Å². The Morgan fingerprint density at radius 1 is 0.692 bits per heavy atom. The van der Waals surface area contributed by atoms with Gasteiger partial charge in [-0.05, 0) is 39.5 Å². The lowest BCUT2D eigenvalue weighted by atomic mass is 9.87. The van der Waals surface area contributed by atoms with Crippen LogP contribution in [0.2, 0.25) is 0 Å². The highest BCUT2D eigenvalue weighted by molar-refractivity contribution is 4.90. The fourth-order valence-corrected chi connectivity index (χ4v) is 1.47. The summed E-state index contributed by atoms with van der Waals surface area (Å²) >= 11 is 0. The molecule has 13 heavy (non-hydrogen) atoms. The Hall–Kier alpha value is -0.0400. The van der Waals surface area contributed by atoms with E-state index < -0.39 is 0 Å². The summed E-state index contributed by atoms with van der Waals surface area (Å²) in [5.74, 6) is 0. The molecule has 1 radical (unpaired) electrons. The van der Waals surface area contributed by atoms with Crippen molar-refractivity contribution in [1.29, 1.82) is 0 Å². The molecule has 0 fully saturated rings. The molecule has 0 spiro atoms. The van der Waals surface area contributed by atoms with E-state index in [4.69, 9.17) is 5.32 Å². The number of hydrogen-bond acceptors (Lipinski definition) is 0. The highest BCUT2D eigenvalue weighted by atomic mass is 15.0. The number of nitrogens with zero attached hydrogens (tertiary/aromatic N) is 1. The van der Waals surface area contributed by atoms with E-state index in [1.165, 1.54) is 0 Å². The van der Waals surface area contributed by atoms with Crippen molar-refractivity contribution in [2.24, 2.45) is 0 Å². The van der Waals surface area contributed by atoms with Crippen molar-refractivity contribution in [3.63, 3.8) is 0 Å². The van der Waals surface area contributed by atoms with E-state index in [0.717, 1.165) is 25.7 Å². The first-order valence-corrected chi connectivity index (χ1v) is 5.69. The predicted molar refractivity (Wildman–Crippen MR) is 60.1 cm³/mol. The van der Waals surface area contributed by atoms with Crippen LogP contribution in [0.5, 0.6) is 0 Å². The van der Waals surface area contributed by atoms with Gasteiger partial charge < -0.3 is 0 Å². The van der Waals surface area contributed by atoms with Gasteiger partial charge in [0.2, 0.25) is 0 Å². The van der Waals surface area contributed by atoms with Crippen LogP contribution in [0.3, 0.4) is 0 Å². The molecule has 0 aliphatic heterocycles. The molecule has 0 rings (SSSR count). The van der Waals surface area contributed by atoms with Crippen LogP contribution in [-0.4, -0.2) is 11.1 Å². The van der Waals surface area contributed by atoms with Gasteiger partial charge in [-0.3, -0.25) is 0 Å². The molecule has 0 N–H and O–H groups in total. The minimum absolute atomic E-state index is 0.195. The molecule has 0 amide bonds. The number of rotatable bonds is 6. The quantitative estimate of drug-likeness (QED) is 0.597. The molecule has 0 aromatic rings. The maximum absolute atomic E-state index is 5.01. The average Bonchev–Trinajstić information content (AvgIpc) is 2.17. The average molecular weight is 184 g/mol. The van der Waals surface area contributed by atoms with E-state index in [9.17, 15) is 0 Å². The van der Waals surface area contributed by atoms with Gasteiger partial charge in [-0.2, -0.15) is 0 Å². The summed E-state index contributed by atoms with van der Waals surface area (Å²) in [4.78, 5) is 0. The molecular formula is C12H26N. The molecule has 0 atom stereocenters. The van der Waals surface area contributed by atoms with Crippen LogP contribution in [0, 0.1) is 0 Å². The summed E-state index contributed by atoms with van der Waals surface area (Å²) in [5.41, 5.74) is 0.390. The lowest BCUT2D eigenvalue weighted by molar-refractivity contribution is 0.198. The summed E-state index contributed by atoms with van der Waals surface area (Å²) < 4.78 is 0. The smallest absolute Gasteiger partial charge is 0.0329 e. The Balaban J connectivity index is 4.36. The lowest BCUT2D eigenvalue weighted by Gasteiger charge is -2.37. The highest BCUT2D eigenvalue weighted by Crippen LogP contribution is 2.25. The van der Waals surface area contributed by atoms with Gasteiger partial charge in [0.05, 0.1) is 0 Å². The van der Waals surface area contributed by atoms with Crippen LogP contribution < -0.4 is 5.32 Å². The molecule has 79 valence electrons. The zero-order valence-electron chi connectivity index (χ0n) is 10.3. The summed E-state index contributed by atoms with van der Waals surface area (Å²) in [5, 5.41) is 5.01. The van der Waals surface area contributed by atoms with Crippen molar-refractivity contribution in [3.8, 4) is 0 Å². The van der Waals surface area contributed by atoms with Gasteiger partial charge in [0.15, 0.2) is 0 Å². The van der Waals surface area contributed by atoms with Crippen LogP contribution >= 0.6 is 0 Å². The summed E-state index contributed by atoms with van der Waals surface area (Å²) in [7, 11) is 0. The first-order valence-electron chi connectivity index (χ1n) is 5.69. The van der Waals surface area contributed by atoms with Crippen LogP contribution in [0.4, 0.5) is 0 Å². The van der Waals surface area contributed by atoms with Crippen molar-refractivity contribution in [2.75, 3.05) is 0 Å². The lowest BCUT2D eigenvalue weighted by Crippen LogP contribution is -2.48. The van der Waals surface area contributed by atoms with E-state index in [2.05, 4.69) is 41.5 Å². The van der Waals surface area contributed by atoms with Gasteiger partial charge in [-0.25, -0.2) is 5.32 Å². The predicted octanol–water partition coefficient (Wildman–Crippen LogP) is 3.75. The second-order valence-electron chi connectivity index (χ2n) is 4.52. The topological polar surface area (TPSA) is 14.1 Å². The first kappa shape index (κ1) is 13.0. The molecule has 0 unspecified atom stereocenters. The Kier molecular flexibility index (Phi) is 4.98. The van der Waals surface area contributed by atoms with Crippen LogP contribution in [0.15, 0.2) is 0 Å². The third-order valence-electron chi connectivity index (χ3n) is 3.59. The van der Waals surface area contributed by atoms with Crippen LogP contribution in [-0.2, 0) is 0 Å². The summed E-state index contributed by atoms with van der Waals surface area (Å²) in [6.07, 6.45) is 4.61. The van der Waals surface area contributed by atoms with Gasteiger partial charge in [0.1, 0.15) is 0 Å². The van der Waals surface area contributed by atoms with Crippen molar-refractivity contribution in [1.82, 2.24) is 5.32 Å². The van der Waals surface area contributed by atoms with Crippen molar-refractivity contribution < 1.29 is 0 Å². The maximum Gasteiger partial charge on any atom is 0.0329 e. The minimum Gasteiger partial charge on any atom is -0.229 e. The molecule has 1 nitrogen and oxygen atoms in total. The van der Waals surface area contributed by atoms with E-state index >= 15 is 0 Å². The number of hydrogen-bond donors (Lipinski definition) is 0. The molecule has 0 aromatic heterocycles. The molecule has 0 saturated heterocycles. The Labute approximate surface area is 84.3 Å².